The Kier molecular flexibility index (Phi) is 3.96. The van der Waals surface area contributed by atoms with Gasteiger partial charge in [-0.15, -0.1) is 0 Å². The molecule has 1 fully saturated rings. The molecule has 0 radical (unpaired) electrons. The fourth-order valence-corrected chi connectivity index (χ4v) is 2.77. The first kappa shape index (κ1) is 15.1. The Balaban J connectivity index is 2.06. The number of methoxy groups -OCH3 is 1. The number of aromatic nitrogens is 4. The number of ether oxygens (including phenoxy) is 2. The van der Waals surface area contributed by atoms with E-state index in [0.29, 0.717) is 22.8 Å². The van der Waals surface area contributed by atoms with Gasteiger partial charge >= 0.3 is 0 Å². The van der Waals surface area contributed by atoms with E-state index in [-0.39, 0.29) is 6.61 Å². The van der Waals surface area contributed by atoms with E-state index < -0.39 is 24.5 Å². The predicted molar refractivity (Wildman–Crippen MR) is 77.4 cm³/mol. The standard InChI is InChI=1S/C13H19N5O4/c1-6-16-11(14-2)8-12(17-6)18(5-15-8)13-9(20)10(21-3)7(4-19)22-13/h5,7,9-10,13,19-20H,4H2,1-3H3,(H,14,16,17)/t7-,9-,10-,13-/m1/s1. The highest BCUT2D eigenvalue weighted by Crippen LogP contribution is 2.33. The molecule has 3 N–H and O–H groups in total. The highest BCUT2D eigenvalue weighted by atomic mass is 16.6. The van der Waals surface area contributed by atoms with Crippen LogP contribution in [0.1, 0.15) is 12.1 Å². The zero-order valence-corrected chi connectivity index (χ0v) is 12.6. The molecule has 9 heteroatoms. The predicted octanol–water partition coefficient (Wildman–Crippen LogP) is -0.558. The Morgan fingerprint density at radius 2 is 2.23 bits per heavy atom. The molecule has 3 heterocycles. The fraction of sp³-hybridized carbons (Fsp3) is 0.615. The minimum Gasteiger partial charge on any atom is -0.394 e. The SMILES string of the molecule is CNc1nc(C)nc2c1ncn2[C@@H]1O[C@H](CO)[C@@H](OC)[C@H]1O. The van der Waals surface area contributed by atoms with Gasteiger partial charge in [0.2, 0.25) is 0 Å². The zero-order chi connectivity index (χ0) is 15.9. The molecule has 0 unspecified atom stereocenters. The maximum atomic E-state index is 10.4. The Labute approximate surface area is 126 Å². The van der Waals surface area contributed by atoms with Crippen molar-refractivity contribution in [3.05, 3.63) is 12.2 Å². The van der Waals surface area contributed by atoms with Crippen molar-refractivity contribution in [1.82, 2.24) is 19.5 Å². The number of aryl methyl sites for hydroxylation is 1. The van der Waals surface area contributed by atoms with Crippen LogP contribution in [0.15, 0.2) is 6.33 Å². The van der Waals surface area contributed by atoms with Crippen molar-refractivity contribution < 1.29 is 19.7 Å². The van der Waals surface area contributed by atoms with Crippen LogP contribution in [0.2, 0.25) is 0 Å². The molecule has 2 aromatic rings. The molecule has 0 spiro atoms. The van der Waals surface area contributed by atoms with Crippen molar-refractivity contribution in [1.29, 1.82) is 0 Å². The second-order valence-electron chi connectivity index (χ2n) is 5.13. The molecule has 9 nitrogen and oxygen atoms in total. The molecule has 1 saturated heterocycles. The smallest absolute Gasteiger partial charge is 0.167 e. The molecule has 22 heavy (non-hydrogen) atoms. The van der Waals surface area contributed by atoms with Gasteiger partial charge in [0.15, 0.2) is 23.2 Å². The minimum atomic E-state index is -0.937. The average Bonchev–Trinajstić information content (AvgIpc) is 3.06. The fourth-order valence-electron chi connectivity index (χ4n) is 2.77. The normalized spacial score (nSPS) is 28.4. The molecular formula is C13H19N5O4. The van der Waals surface area contributed by atoms with Crippen LogP contribution in [-0.4, -0.2) is 68.8 Å². The molecule has 3 rings (SSSR count). The lowest BCUT2D eigenvalue weighted by atomic mass is 10.1. The number of nitrogens with zero attached hydrogens (tertiary/aromatic N) is 4. The van der Waals surface area contributed by atoms with Gasteiger partial charge in [0, 0.05) is 14.2 Å². The number of aliphatic hydroxyl groups excluding tert-OH is 2. The van der Waals surface area contributed by atoms with Crippen LogP contribution in [0.25, 0.3) is 11.2 Å². The highest BCUT2D eigenvalue weighted by Gasteiger charge is 2.45. The summed E-state index contributed by atoms with van der Waals surface area (Å²) in [5.74, 6) is 1.18. The zero-order valence-electron chi connectivity index (χ0n) is 12.6. The van der Waals surface area contributed by atoms with E-state index in [1.165, 1.54) is 7.11 Å². The summed E-state index contributed by atoms with van der Waals surface area (Å²) < 4.78 is 12.6. The van der Waals surface area contributed by atoms with E-state index in [4.69, 9.17) is 9.47 Å². The van der Waals surface area contributed by atoms with Crippen molar-refractivity contribution in [3.8, 4) is 0 Å². The Morgan fingerprint density at radius 3 is 2.82 bits per heavy atom. The molecule has 120 valence electrons. The number of hydrogen-bond donors (Lipinski definition) is 3. The third-order valence-corrected chi connectivity index (χ3v) is 3.81. The van der Waals surface area contributed by atoms with Crippen molar-refractivity contribution >= 4 is 17.0 Å². The number of fused-ring (bicyclic) bond motifs is 1. The van der Waals surface area contributed by atoms with Gasteiger partial charge in [0.1, 0.15) is 24.1 Å². The molecule has 0 amide bonds. The summed E-state index contributed by atoms with van der Waals surface area (Å²) >= 11 is 0. The first-order chi connectivity index (χ1) is 10.6. The van der Waals surface area contributed by atoms with Crippen molar-refractivity contribution in [2.45, 2.75) is 31.5 Å². The number of anilines is 1. The van der Waals surface area contributed by atoms with E-state index in [1.807, 2.05) is 0 Å². The summed E-state index contributed by atoms with van der Waals surface area (Å²) in [5.41, 5.74) is 1.14. The molecule has 0 bridgehead atoms. The molecule has 0 aromatic carbocycles. The number of rotatable bonds is 4. The largest absolute Gasteiger partial charge is 0.394 e. The topological polar surface area (TPSA) is 115 Å². The first-order valence-corrected chi connectivity index (χ1v) is 6.96. The van der Waals surface area contributed by atoms with Gasteiger partial charge in [-0.2, -0.15) is 0 Å². The lowest BCUT2D eigenvalue weighted by molar-refractivity contribution is -0.0536. The Hall–Kier alpha value is -1.81. The van der Waals surface area contributed by atoms with Crippen LogP contribution in [-0.2, 0) is 9.47 Å². The van der Waals surface area contributed by atoms with Gasteiger partial charge in [-0.05, 0) is 6.92 Å². The van der Waals surface area contributed by atoms with Crippen LogP contribution in [0, 0.1) is 6.92 Å². The van der Waals surface area contributed by atoms with Crippen LogP contribution in [0.3, 0.4) is 0 Å². The Morgan fingerprint density at radius 1 is 1.45 bits per heavy atom. The maximum Gasteiger partial charge on any atom is 0.167 e. The number of imidazole rings is 1. The molecule has 1 aliphatic heterocycles. The molecule has 2 aromatic heterocycles. The number of hydrogen-bond acceptors (Lipinski definition) is 8. The monoisotopic (exact) mass is 309 g/mol. The lowest BCUT2D eigenvalue weighted by Gasteiger charge is -2.18. The van der Waals surface area contributed by atoms with Gasteiger partial charge in [0.25, 0.3) is 0 Å². The average molecular weight is 309 g/mol. The van der Waals surface area contributed by atoms with Gasteiger partial charge in [0.05, 0.1) is 12.9 Å². The van der Waals surface area contributed by atoms with Gasteiger partial charge < -0.3 is 25.0 Å². The summed E-state index contributed by atoms with van der Waals surface area (Å²) in [6, 6.07) is 0. The summed E-state index contributed by atoms with van der Waals surface area (Å²) in [7, 11) is 3.23. The molecular weight excluding hydrogens is 290 g/mol. The van der Waals surface area contributed by atoms with Gasteiger partial charge in [-0.1, -0.05) is 0 Å². The maximum absolute atomic E-state index is 10.4. The van der Waals surface area contributed by atoms with Gasteiger partial charge in [-0.3, -0.25) is 4.57 Å². The van der Waals surface area contributed by atoms with E-state index >= 15 is 0 Å². The molecule has 0 saturated carbocycles. The Bertz CT molecular complexity index is 676. The first-order valence-electron chi connectivity index (χ1n) is 6.96. The number of aliphatic hydroxyl groups is 2. The molecule has 4 atom stereocenters. The van der Waals surface area contributed by atoms with Crippen LogP contribution < -0.4 is 5.32 Å². The van der Waals surface area contributed by atoms with Crippen LogP contribution in [0.5, 0.6) is 0 Å². The molecule has 1 aliphatic rings. The van der Waals surface area contributed by atoms with Crippen LogP contribution in [0.4, 0.5) is 5.82 Å². The van der Waals surface area contributed by atoms with E-state index in [1.54, 1.807) is 24.9 Å². The lowest BCUT2D eigenvalue weighted by Crippen LogP contribution is -2.35. The van der Waals surface area contributed by atoms with Crippen molar-refractivity contribution in [2.24, 2.45) is 0 Å². The summed E-state index contributed by atoms with van der Waals surface area (Å²) in [6.45, 7) is 1.53. The van der Waals surface area contributed by atoms with E-state index in [0.717, 1.165) is 0 Å². The number of nitrogens with one attached hydrogen (secondary N) is 1. The minimum absolute atomic E-state index is 0.242. The van der Waals surface area contributed by atoms with Gasteiger partial charge in [-0.25, -0.2) is 15.0 Å². The van der Waals surface area contributed by atoms with Crippen molar-refractivity contribution in [3.63, 3.8) is 0 Å². The van der Waals surface area contributed by atoms with Crippen molar-refractivity contribution in [2.75, 3.05) is 26.1 Å². The van der Waals surface area contributed by atoms with Crippen LogP contribution >= 0.6 is 0 Å². The second kappa shape index (κ2) is 5.76. The summed E-state index contributed by atoms with van der Waals surface area (Å²) in [6.07, 6.45) is -1.34. The van der Waals surface area contributed by atoms with E-state index in [9.17, 15) is 10.2 Å². The highest BCUT2D eigenvalue weighted by molar-refractivity contribution is 5.82. The summed E-state index contributed by atoms with van der Waals surface area (Å²) in [4.78, 5) is 12.9. The third kappa shape index (κ3) is 2.22. The quantitative estimate of drug-likeness (QED) is 0.689. The molecule has 0 aliphatic carbocycles. The van der Waals surface area contributed by atoms with E-state index in [2.05, 4.69) is 20.3 Å². The summed E-state index contributed by atoms with van der Waals surface area (Å²) in [5, 5.41) is 22.7. The second-order valence-corrected chi connectivity index (χ2v) is 5.13. The third-order valence-electron chi connectivity index (χ3n) is 3.81.